The van der Waals surface area contributed by atoms with E-state index in [-0.39, 0.29) is 0 Å². The van der Waals surface area contributed by atoms with Gasteiger partial charge < -0.3 is 5.32 Å². The highest BCUT2D eigenvalue weighted by atomic mass is 14.8. The molecule has 0 fully saturated rings. The Kier molecular flexibility index (Phi) is 5.68. The predicted molar refractivity (Wildman–Crippen MR) is 46.4 cm³/mol. The average Bonchev–Trinajstić information content (AvgIpc) is 1.98. The van der Waals surface area contributed by atoms with Crippen LogP contribution in [0, 0.1) is 0 Å². The molecule has 0 bridgehead atoms. The van der Waals surface area contributed by atoms with Gasteiger partial charge in [0.15, 0.2) is 0 Å². The molecule has 10 heavy (non-hydrogen) atoms. The van der Waals surface area contributed by atoms with Crippen LogP contribution >= 0.6 is 0 Å². The SMILES string of the molecule is C=C/C(=C\N=C)CCNC. The second kappa shape index (κ2) is 6.23. The van der Waals surface area contributed by atoms with Crippen LogP contribution in [0.3, 0.4) is 0 Å². The largest absolute Gasteiger partial charge is 0.319 e. The highest BCUT2D eigenvalue weighted by Gasteiger charge is 1.87. The Labute approximate surface area is 62.4 Å². The summed E-state index contributed by atoms with van der Waals surface area (Å²) in [6, 6.07) is 0. The van der Waals surface area contributed by atoms with Crippen molar-refractivity contribution in [3.8, 4) is 0 Å². The fraction of sp³-hybridized carbons (Fsp3) is 0.375. The molecule has 2 heteroatoms. The highest BCUT2D eigenvalue weighted by Crippen LogP contribution is 2.00. The van der Waals surface area contributed by atoms with Gasteiger partial charge in [0.1, 0.15) is 0 Å². The summed E-state index contributed by atoms with van der Waals surface area (Å²) >= 11 is 0. The van der Waals surface area contributed by atoms with Crippen molar-refractivity contribution in [2.24, 2.45) is 4.99 Å². The molecule has 1 N–H and O–H groups in total. The van der Waals surface area contributed by atoms with Crippen LogP contribution in [0.1, 0.15) is 6.42 Å². The van der Waals surface area contributed by atoms with Crippen LogP contribution in [0.25, 0.3) is 0 Å². The molecule has 0 aromatic carbocycles. The lowest BCUT2D eigenvalue weighted by Crippen LogP contribution is -2.07. The second-order valence-electron chi connectivity index (χ2n) is 1.94. The van der Waals surface area contributed by atoms with E-state index in [0.717, 1.165) is 18.5 Å². The molecule has 0 unspecified atom stereocenters. The van der Waals surface area contributed by atoms with Gasteiger partial charge in [0, 0.05) is 6.20 Å². The maximum atomic E-state index is 3.65. The van der Waals surface area contributed by atoms with Gasteiger partial charge in [-0.2, -0.15) is 0 Å². The molecule has 0 aromatic rings. The van der Waals surface area contributed by atoms with E-state index in [9.17, 15) is 0 Å². The standard InChI is InChI=1S/C8H14N2/c1-4-8(7-10-3)5-6-9-2/h4,7,9H,1,3,5-6H2,2H3/b8-7+. The zero-order valence-electron chi connectivity index (χ0n) is 6.43. The second-order valence-corrected chi connectivity index (χ2v) is 1.94. The summed E-state index contributed by atoms with van der Waals surface area (Å²) < 4.78 is 0. The maximum Gasteiger partial charge on any atom is 0.0292 e. The summed E-state index contributed by atoms with van der Waals surface area (Å²) in [6.07, 6.45) is 4.48. The zero-order valence-corrected chi connectivity index (χ0v) is 6.43. The Hall–Kier alpha value is -0.890. The van der Waals surface area contributed by atoms with Gasteiger partial charge >= 0.3 is 0 Å². The van der Waals surface area contributed by atoms with E-state index in [2.05, 4.69) is 23.6 Å². The summed E-state index contributed by atoms with van der Waals surface area (Å²) in [5, 5.41) is 3.04. The zero-order chi connectivity index (χ0) is 7.82. The van der Waals surface area contributed by atoms with E-state index in [4.69, 9.17) is 0 Å². The lowest BCUT2D eigenvalue weighted by molar-refractivity contribution is 0.793. The van der Waals surface area contributed by atoms with Crippen LogP contribution in [0.5, 0.6) is 0 Å². The third-order valence-electron chi connectivity index (χ3n) is 1.18. The molecule has 0 atom stereocenters. The Morgan fingerprint density at radius 1 is 1.70 bits per heavy atom. The third-order valence-corrected chi connectivity index (χ3v) is 1.18. The minimum Gasteiger partial charge on any atom is -0.319 e. The van der Waals surface area contributed by atoms with Crippen LogP contribution in [0.2, 0.25) is 0 Å². The van der Waals surface area contributed by atoms with E-state index in [0.29, 0.717) is 0 Å². The van der Waals surface area contributed by atoms with E-state index in [1.807, 2.05) is 7.05 Å². The average molecular weight is 138 g/mol. The third kappa shape index (κ3) is 4.04. The Morgan fingerprint density at radius 2 is 2.40 bits per heavy atom. The molecule has 0 rings (SSSR count). The number of rotatable bonds is 5. The molecule has 0 amide bonds. The molecule has 0 aromatic heterocycles. The van der Waals surface area contributed by atoms with E-state index in [1.54, 1.807) is 12.3 Å². The minimum atomic E-state index is 0.952. The van der Waals surface area contributed by atoms with Crippen molar-refractivity contribution >= 4 is 6.72 Å². The van der Waals surface area contributed by atoms with Gasteiger partial charge in [0.05, 0.1) is 0 Å². The van der Waals surface area contributed by atoms with Crippen molar-refractivity contribution in [2.45, 2.75) is 6.42 Å². The number of hydrogen-bond donors (Lipinski definition) is 1. The smallest absolute Gasteiger partial charge is 0.0292 e. The quantitative estimate of drug-likeness (QED) is 0.450. The van der Waals surface area contributed by atoms with Gasteiger partial charge in [-0.3, -0.25) is 4.99 Å². The van der Waals surface area contributed by atoms with Crippen LogP contribution < -0.4 is 5.32 Å². The first-order valence-electron chi connectivity index (χ1n) is 3.27. The maximum absolute atomic E-state index is 3.65. The molecule has 2 nitrogen and oxygen atoms in total. The van der Waals surface area contributed by atoms with Gasteiger partial charge in [-0.15, -0.1) is 0 Å². The normalized spacial score (nSPS) is 11.1. The molecular formula is C8H14N2. The molecule has 0 heterocycles. The molecule has 0 aliphatic carbocycles. The summed E-state index contributed by atoms with van der Waals surface area (Å²) in [7, 11) is 1.92. The van der Waals surface area contributed by atoms with Crippen molar-refractivity contribution < 1.29 is 0 Å². The van der Waals surface area contributed by atoms with E-state index in [1.165, 1.54) is 0 Å². The topological polar surface area (TPSA) is 24.4 Å². The van der Waals surface area contributed by atoms with Crippen LogP contribution in [0.4, 0.5) is 0 Å². The number of aliphatic imine (C=N–C) groups is 1. The fourth-order valence-corrected chi connectivity index (χ4v) is 0.606. The summed E-state index contributed by atoms with van der Waals surface area (Å²) in [6.45, 7) is 7.96. The summed E-state index contributed by atoms with van der Waals surface area (Å²) in [5.41, 5.74) is 1.12. The van der Waals surface area contributed by atoms with Crippen molar-refractivity contribution in [1.82, 2.24) is 5.32 Å². The molecule has 0 saturated carbocycles. The fourth-order valence-electron chi connectivity index (χ4n) is 0.606. The lowest BCUT2D eigenvalue weighted by atomic mass is 10.2. The summed E-state index contributed by atoms with van der Waals surface area (Å²) in [5.74, 6) is 0. The van der Waals surface area contributed by atoms with Crippen LogP contribution in [-0.4, -0.2) is 20.3 Å². The number of nitrogens with one attached hydrogen (secondary N) is 1. The first kappa shape index (κ1) is 9.11. The van der Waals surface area contributed by atoms with Gasteiger partial charge in [-0.1, -0.05) is 12.7 Å². The van der Waals surface area contributed by atoms with E-state index >= 15 is 0 Å². The monoisotopic (exact) mass is 138 g/mol. The van der Waals surface area contributed by atoms with Crippen LogP contribution in [0.15, 0.2) is 29.4 Å². The van der Waals surface area contributed by atoms with Gasteiger partial charge in [0.2, 0.25) is 0 Å². The molecule has 56 valence electrons. The van der Waals surface area contributed by atoms with Gasteiger partial charge in [-0.05, 0) is 32.3 Å². The molecule has 0 aliphatic rings. The molecule has 0 saturated heterocycles. The first-order chi connectivity index (χ1) is 4.85. The molecule has 0 aliphatic heterocycles. The minimum absolute atomic E-state index is 0.952. The van der Waals surface area contributed by atoms with Crippen molar-refractivity contribution in [2.75, 3.05) is 13.6 Å². The highest BCUT2D eigenvalue weighted by molar-refractivity contribution is 5.28. The Bertz CT molecular complexity index is 136. The van der Waals surface area contributed by atoms with E-state index < -0.39 is 0 Å². The molecule has 0 spiro atoms. The van der Waals surface area contributed by atoms with Crippen LogP contribution in [-0.2, 0) is 0 Å². The molecule has 0 radical (unpaired) electrons. The molecular weight excluding hydrogens is 124 g/mol. The van der Waals surface area contributed by atoms with Crippen molar-refractivity contribution in [1.29, 1.82) is 0 Å². The predicted octanol–water partition coefficient (Wildman–Crippen LogP) is 1.37. The Morgan fingerprint density at radius 3 is 2.80 bits per heavy atom. The summed E-state index contributed by atoms with van der Waals surface area (Å²) in [4.78, 5) is 3.65. The van der Waals surface area contributed by atoms with Crippen molar-refractivity contribution in [3.05, 3.63) is 24.4 Å². The first-order valence-corrected chi connectivity index (χ1v) is 3.27. The van der Waals surface area contributed by atoms with Gasteiger partial charge in [0.25, 0.3) is 0 Å². The van der Waals surface area contributed by atoms with Gasteiger partial charge in [-0.25, -0.2) is 0 Å². The Balaban J connectivity index is 3.70. The number of allylic oxidation sites excluding steroid dienone is 1. The van der Waals surface area contributed by atoms with Crippen molar-refractivity contribution in [3.63, 3.8) is 0 Å². The number of nitrogens with zero attached hydrogens (tertiary/aromatic N) is 1. The number of hydrogen-bond acceptors (Lipinski definition) is 2. The lowest BCUT2D eigenvalue weighted by Gasteiger charge is -1.97.